The third-order valence-electron chi connectivity index (χ3n) is 3.72. The van der Waals surface area contributed by atoms with Gasteiger partial charge in [0, 0.05) is 43.9 Å². The van der Waals surface area contributed by atoms with E-state index in [1.807, 2.05) is 0 Å². The molecule has 2 heterocycles. The van der Waals surface area contributed by atoms with Gasteiger partial charge in [0.25, 0.3) is 5.91 Å². The van der Waals surface area contributed by atoms with Gasteiger partial charge in [0.05, 0.1) is 0 Å². The molecule has 3 N–H and O–H groups in total. The van der Waals surface area contributed by atoms with Crippen molar-refractivity contribution in [2.45, 2.75) is 33.2 Å². The number of rotatable bonds is 7. The van der Waals surface area contributed by atoms with Crippen molar-refractivity contribution in [1.82, 2.24) is 25.7 Å². The SMILES string of the molecule is CCCN(CC)CCNC(=O)c1n[nH]c2c1CNCC2. The number of likely N-dealkylation sites (N-methyl/N-ethyl adjacent to an activating group) is 1. The third-order valence-corrected chi connectivity index (χ3v) is 3.72. The molecule has 112 valence electrons. The molecule has 0 atom stereocenters. The Morgan fingerprint density at radius 1 is 1.40 bits per heavy atom. The van der Waals surface area contributed by atoms with Crippen molar-refractivity contribution >= 4 is 5.91 Å². The van der Waals surface area contributed by atoms with Crippen LogP contribution in [0, 0.1) is 0 Å². The molecule has 0 radical (unpaired) electrons. The lowest BCUT2D eigenvalue weighted by Gasteiger charge is -2.19. The molecule has 1 aromatic rings. The Bertz CT molecular complexity index is 443. The van der Waals surface area contributed by atoms with Crippen molar-refractivity contribution in [2.75, 3.05) is 32.7 Å². The molecular formula is C14H25N5O. The highest BCUT2D eigenvalue weighted by Gasteiger charge is 2.21. The number of hydrogen-bond acceptors (Lipinski definition) is 4. The number of carbonyl (C=O) groups excluding carboxylic acids is 1. The van der Waals surface area contributed by atoms with Gasteiger partial charge >= 0.3 is 0 Å². The lowest BCUT2D eigenvalue weighted by Crippen LogP contribution is -2.36. The van der Waals surface area contributed by atoms with E-state index in [1.54, 1.807) is 0 Å². The first-order valence-corrected chi connectivity index (χ1v) is 7.53. The highest BCUT2D eigenvalue weighted by molar-refractivity contribution is 5.94. The van der Waals surface area contributed by atoms with Gasteiger partial charge in [0.1, 0.15) is 0 Å². The molecule has 1 aliphatic heterocycles. The van der Waals surface area contributed by atoms with Crippen LogP contribution in [0.5, 0.6) is 0 Å². The van der Waals surface area contributed by atoms with Crippen molar-refractivity contribution in [3.63, 3.8) is 0 Å². The summed E-state index contributed by atoms with van der Waals surface area (Å²) < 4.78 is 0. The molecule has 20 heavy (non-hydrogen) atoms. The van der Waals surface area contributed by atoms with Crippen LogP contribution in [0.1, 0.15) is 42.0 Å². The maximum Gasteiger partial charge on any atom is 0.272 e. The van der Waals surface area contributed by atoms with Gasteiger partial charge in [-0.15, -0.1) is 0 Å². The maximum atomic E-state index is 12.2. The van der Waals surface area contributed by atoms with Crippen LogP contribution in [-0.2, 0) is 13.0 Å². The summed E-state index contributed by atoms with van der Waals surface area (Å²) in [6.45, 7) is 9.64. The predicted molar refractivity (Wildman–Crippen MR) is 78.7 cm³/mol. The summed E-state index contributed by atoms with van der Waals surface area (Å²) in [7, 11) is 0. The first-order valence-electron chi connectivity index (χ1n) is 7.53. The molecular weight excluding hydrogens is 254 g/mol. The number of nitrogens with one attached hydrogen (secondary N) is 3. The molecule has 1 amide bonds. The number of nitrogens with zero attached hydrogens (tertiary/aromatic N) is 2. The van der Waals surface area contributed by atoms with Gasteiger partial charge in [0.2, 0.25) is 0 Å². The Balaban J connectivity index is 1.84. The molecule has 6 nitrogen and oxygen atoms in total. The predicted octanol–water partition coefficient (Wildman–Crippen LogP) is 0.517. The fourth-order valence-electron chi connectivity index (χ4n) is 2.57. The summed E-state index contributed by atoms with van der Waals surface area (Å²) in [4.78, 5) is 14.5. The van der Waals surface area contributed by atoms with Crippen LogP contribution in [0.2, 0.25) is 0 Å². The van der Waals surface area contributed by atoms with E-state index in [9.17, 15) is 4.79 Å². The molecule has 1 aliphatic rings. The Kier molecular flexibility index (Phi) is 5.55. The van der Waals surface area contributed by atoms with Gasteiger partial charge in [0.15, 0.2) is 5.69 Å². The molecule has 0 aromatic carbocycles. The third kappa shape index (κ3) is 3.58. The van der Waals surface area contributed by atoms with Crippen molar-refractivity contribution in [3.05, 3.63) is 17.0 Å². The number of fused-ring (bicyclic) bond motifs is 1. The Labute approximate surface area is 120 Å². The first kappa shape index (κ1) is 15.0. The van der Waals surface area contributed by atoms with Gasteiger partial charge in [-0.1, -0.05) is 13.8 Å². The number of hydrogen-bond donors (Lipinski definition) is 3. The van der Waals surface area contributed by atoms with E-state index in [0.29, 0.717) is 12.2 Å². The van der Waals surface area contributed by atoms with E-state index in [4.69, 9.17) is 0 Å². The second-order valence-electron chi connectivity index (χ2n) is 5.15. The summed E-state index contributed by atoms with van der Waals surface area (Å²) in [5, 5.41) is 13.4. The topological polar surface area (TPSA) is 73.0 Å². The van der Waals surface area contributed by atoms with E-state index in [-0.39, 0.29) is 5.91 Å². The number of H-pyrrole nitrogens is 1. The van der Waals surface area contributed by atoms with Crippen molar-refractivity contribution in [3.8, 4) is 0 Å². The van der Waals surface area contributed by atoms with E-state index in [2.05, 4.69) is 39.6 Å². The van der Waals surface area contributed by atoms with Crippen molar-refractivity contribution < 1.29 is 4.79 Å². The number of aromatic nitrogens is 2. The van der Waals surface area contributed by atoms with Gasteiger partial charge in [-0.2, -0.15) is 5.10 Å². The van der Waals surface area contributed by atoms with E-state index in [1.165, 1.54) is 0 Å². The Hall–Kier alpha value is -1.40. The molecule has 0 aliphatic carbocycles. The van der Waals surface area contributed by atoms with Crippen LogP contribution in [-0.4, -0.2) is 53.7 Å². The average Bonchev–Trinajstić information content (AvgIpc) is 2.90. The Morgan fingerprint density at radius 3 is 3.00 bits per heavy atom. The monoisotopic (exact) mass is 279 g/mol. The summed E-state index contributed by atoms with van der Waals surface area (Å²) in [6.07, 6.45) is 2.05. The Morgan fingerprint density at radius 2 is 2.25 bits per heavy atom. The second-order valence-corrected chi connectivity index (χ2v) is 5.15. The van der Waals surface area contributed by atoms with Crippen LogP contribution in [0.4, 0.5) is 0 Å². The average molecular weight is 279 g/mol. The summed E-state index contributed by atoms with van der Waals surface area (Å²) >= 11 is 0. The molecule has 0 unspecified atom stereocenters. The lowest BCUT2D eigenvalue weighted by molar-refractivity contribution is 0.0942. The first-order chi connectivity index (χ1) is 9.76. The fraction of sp³-hybridized carbons (Fsp3) is 0.714. The van der Waals surface area contributed by atoms with Crippen LogP contribution in [0.15, 0.2) is 0 Å². The highest BCUT2D eigenvalue weighted by atomic mass is 16.1. The smallest absolute Gasteiger partial charge is 0.272 e. The molecule has 0 saturated carbocycles. The van der Waals surface area contributed by atoms with Crippen LogP contribution < -0.4 is 10.6 Å². The minimum atomic E-state index is -0.0706. The number of amides is 1. The zero-order valence-corrected chi connectivity index (χ0v) is 12.5. The zero-order chi connectivity index (χ0) is 14.4. The number of carbonyl (C=O) groups is 1. The quantitative estimate of drug-likeness (QED) is 0.680. The van der Waals surface area contributed by atoms with Crippen molar-refractivity contribution in [1.29, 1.82) is 0 Å². The summed E-state index contributed by atoms with van der Waals surface area (Å²) in [6, 6.07) is 0. The molecule has 0 bridgehead atoms. The standard InChI is InChI=1S/C14H25N5O/c1-3-8-19(4-2)9-7-16-14(20)13-11-10-15-6-5-12(11)17-18-13/h15H,3-10H2,1-2H3,(H,16,20)(H,17,18). The van der Waals surface area contributed by atoms with Crippen molar-refractivity contribution in [2.24, 2.45) is 0 Å². The molecule has 0 fully saturated rings. The zero-order valence-electron chi connectivity index (χ0n) is 12.5. The van der Waals surface area contributed by atoms with Crippen LogP contribution >= 0.6 is 0 Å². The van der Waals surface area contributed by atoms with E-state index in [0.717, 1.165) is 56.8 Å². The minimum Gasteiger partial charge on any atom is -0.349 e. The minimum absolute atomic E-state index is 0.0706. The van der Waals surface area contributed by atoms with Crippen LogP contribution in [0.25, 0.3) is 0 Å². The number of aromatic amines is 1. The highest BCUT2D eigenvalue weighted by Crippen LogP contribution is 2.14. The molecule has 0 spiro atoms. The largest absolute Gasteiger partial charge is 0.349 e. The second kappa shape index (κ2) is 7.40. The molecule has 1 aromatic heterocycles. The van der Waals surface area contributed by atoms with Gasteiger partial charge < -0.3 is 15.5 Å². The molecule has 0 saturated heterocycles. The van der Waals surface area contributed by atoms with E-state index >= 15 is 0 Å². The summed E-state index contributed by atoms with van der Waals surface area (Å²) in [5.41, 5.74) is 2.66. The van der Waals surface area contributed by atoms with Gasteiger partial charge in [-0.05, 0) is 19.5 Å². The normalized spacial score (nSPS) is 14.3. The van der Waals surface area contributed by atoms with Gasteiger partial charge in [-0.3, -0.25) is 9.89 Å². The molecule has 6 heteroatoms. The van der Waals surface area contributed by atoms with Crippen LogP contribution in [0.3, 0.4) is 0 Å². The van der Waals surface area contributed by atoms with E-state index < -0.39 is 0 Å². The molecule has 2 rings (SSSR count). The lowest BCUT2D eigenvalue weighted by atomic mass is 10.1. The maximum absolute atomic E-state index is 12.2. The summed E-state index contributed by atoms with van der Waals surface area (Å²) in [5.74, 6) is -0.0706. The van der Waals surface area contributed by atoms with Gasteiger partial charge in [-0.25, -0.2) is 0 Å². The fourth-order valence-corrected chi connectivity index (χ4v) is 2.57.